The summed E-state index contributed by atoms with van der Waals surface area (Å²) in [5, 5.41) is 3.15. The molecule has 0 aromatic rings. The van der Waals surface area contributed by atoms with Gasteiger partial charge < -0.3 is 14.8 Å². The maximum Gasteiger partial charge on any atom is 0.336 e. The molecule has 1 rings (SSSR count). The SMILES string of the molecule is CCOC(=O)C1CN[C@H](C)CO1.Cl. The van der Waals surface area contributed by atoms with Gasteiger partial charge in [0.05, 0.1) is 13.2 Å². The molecular weight excluding hydrogens is 194 g/mol. The highest BCUT2D eigenvalue weighted by Crippen LogP contribution is 2.02. The molecule has 5 heteroatoms. The van der Waals surface area contributed by atoms with Crippen molar-refractivity contribution in [2.24, 2.45) is 0 Å². The fraction of sp³-hybridized carbons (Fsp3) is 0.875. The van der Waals surface area contributed by atoms with Crippen LogP contribution >= 0.6 is 12.4 Å². The molecule has 4 nitrogen and oxygen atoms in total. The van der Waals surface area contributed by atoms with Crippen molar-refractivity contribution in [1.29, 1.82) is 0 Å². The van der Waals surface area contributed by atoms with Crippen molar-refractivity contribution in [1.82, 2.24) is 5.32 Å². The third-order valence-corrected chi connectivity index (χ3v) is 1.75. The fourth-order valence-corrected chi connectivity index (χ4v) is 1.07. The van der Waals surface area contributed by atoms with Crippen LogP contribution in [0.5, 0.6) is 0 Å². The molecule has 0 radical (unpaired) electrons. The molecule has 1 N–H and O–H groups in total. The Hall–Kier alpha value is -0.320. The third kappa shape index (κ3) is 3.93. The Bertz CT molecular complexity index is 157. The zero-order valence-corrected chi connectivity index (χ0v) is 8.73. The van der Waals surface area contributed by atoms with Crippen molar-refractivity contribution in [3.05, 3.63) is 0 Å². The van der Waals surface area contributed by atoms with E-state index in [9.17, 15) is 4.79 Å². The summed E-state index contributed by atoms with van der Waals surface area (Å²) in [7, 11) is 0. The average Bonchev–Trinajstić information content (AvgIpc) is 2.06. The van der Waals surface area contributed by atoms with Crippen LogP contribution in [0, 0.1) is 0 Å². The van der Waals surface area contributed by atoms with Gasteiger partial charge in [0, 0.05) is 12.6 Å². The lowest BCUT2D eigenvalue weighted by Gasteiger charge is -2.26. The summed E-state index contributed by atoms with van der Waals surface area (Å²) in [4.78, 5) is 11.1. The number of morpholine rings is 1. The first-order chi connectivity index (χ1) is 5.74. The normalized spacial score (nSPS) is 27.5. The van der Waals surface area contributed by atoms with Crippen LogP contribution in [0.2, 0.25) is 0 Å². The van der Waals surface area contributed by atoms with Gasteiger partial charge in [-0.05, 0) is 13.8 Å². The van der Waals surface area contributed by atoms with Crippen molar-refractivity contribution in [3.63, 3.8) is 0 Å². The topological polar surface area (TPSA) is 47.6 Å². The summed E-state index contributed by atoms with van der Waals surface area (Å²) in [6, 6.07) is 0.329. The highest BCUT2D eigenvalue weighted by Gasteiger charge is 2.25. The molecule has 0 bridgehead atoms. The lowest BCUT2D eigenvalue weighted by molar-refractivity contribution is -0.159. The van der Waals surface area contributed by atoms with Crippen molar-refractivity contribution in [2.45, 2.75) is 26.0 Å². The summed E-state index contributed by atoms with van der Waals surface area (Å²) in [5.74, 6) is -0.267. The van der Waals surface area contributed by atoms with Gasteiger partial charge in [0.1, 0.15) is 0 Å². The molecule has 1 aliphatic heterocycles. The molecule has 1 unspecified atom stereocenters. The van der Waals surface area contributed by atoms with Gasteiger partial charge in [-0.1, -0.05) is 0 Å². The van der Waals surface area contributed by atoms with Gasteiger partial charge in [0.2, 0.25) is 0 Å². The Labute approximate surface area is 84.4 Å². The summed E-state index contributed by atoms with van der Waals surface area (Å²) in [6.07, 6.45) is -0.416. The van der Waals surface area contributed by atoms with Gasteiger partial charge in [-0.2, -0.15) is 0 Å². The Balaban J connectivity index is 0.00000144. The number of hydrogen-bond donors (Lipinski definition) is 1. The molecule has 0 aliphatic carbocycles. The predicted octanol–water partition coefficient (Wildman–Crippen LogP) is 0.348. The molecule has 13 heavy (non-hydrogen) atoms. The molecule has 0 amide bonds. The monoisotopic (exact) mass is 209 g/mol. The van der Waals surface area contributed by atoms with E-state index in [4.69, 9.17) is 9.47 Å². The molecule has 1 aliphatic rings. The van der Waals surface area contributed by atoms with E-state index in [1.54, 1.807) is 6.92 Å². The van der Waals surface area contributed by atoms with E-state index in [1.807, 2.05) is 6.92 Å². The van der Waals surface area contributed by atoms with Gasteiger partial charge in [-0.3, -0.25) is 0 Å². The minimum Gasteiger partial charge on any atom is -0.464 e. The number of halogens is 1. The largest absolute Gasteiger partial charge is 0.464 e. The zero-order valence-electron chi connectivity index (χ0n) is 7.91. The van der Waals surface area contributed by atoms with Crippen LogP contribution in [-0.2, 0) is 14.3 Å². The maximum atomic E-state index is 11.1. The molecule has 78 valence electrons. The number of nitrogens with one attached hydrogen (secondary N) is 1. The number of ether oxygens (including phenoxy) is 2. The maximum absolute atomic E-state index is 11.1. The van der Waals surface area contributed by atoms with E-state index in [0.29, 0.717) is 25.8 Å². The number of carbonyl (C=O) groups excluding carboxylic acids is 1. The van der Waals surface area contributed by atoms with Crippen molar-refractivity contribution < 1.29 is 14.3 Å². The van der Waals surface area contributed by atoms with Crippen molar-refractivity contribution in [3.8, 4) is 0 Å². The van der Waals surface area contributed by atoms with E-state index in [0.717, 1.165) is 0 Å². The minimum absolute atomic E-state index is 0. The molecule has 0 aromatic heterocycles. The Kier molecular flexibility index (Phi) is 6.03. The first-order valence-corrected chi connectivity index (χ1v) is 4.25. The predicted molar refractivity (Wildman–Crippen MR) is 51.1 cm³/mol. The molecular formula is C8H16ClNO3. The first-order valence-electron chi connectivity index (χ1n) is 4.25. The van der Waals surface area contributed by atoms with Crippen LogP contribution in [0.1, 0.15) is 13.8 Å². The van der Waals surface area contributed by atoms with Gasteiger partial charge in [0.25, 0.3) is 0 Å². The zero-order chi connectivity index (χ0) is 8.97. The second-order valence-electron chi connectivity index (χ2n) is 2.88. The molecule has 0 spiro atoms. The average molecular weight is 210 g/mol. The fourth-order valence-electron chi connectivity index (χ4n) is 1.07. The Morgan fingerprint density at radius 1 is 1.69 bits per heavy atom. The first kappa shape index (κ1) is 12.7. The van der Waals surface area contributed by atoms with Crippen molar-refractivity contribution in [2.75, 3.05) is 19.8 Å². The number of carbonyl (C=O) groups is 1. The lowest BCUT2D eigenvalue weighted by Crippen LogP contribution is -2.48. The minimum atomic E-state index is -0.416. The summed E-state index contributed by atoms with van der Waals surface area (Å²) >= 11 is 0. The summed E-state index contributed by atoms with van der Waals surface area (Å²) < 4.78 is 10.1. The molecule has 2 atom stereocenters. The lowest BCUT2D eigenvalue weighted by atomic mass is 10.2. The summed E-state index contributed by atoms with van der Waals surface area (Å²) in [6.45, 7) is 5.34. The van der Waals surface area contributed by atoms with Gasteiger partial charge in [0.15, 0.2) is 6.10 Å². The standard InChI is InChI=1S/C8H15NO3.ClH/c1-3-11-8(10)7-4-9-6(2)5-12-7;/h6-7,9H,3-5H2,1-2H3;1H/t6-,7?;/m1./s1. The van der Waals surface area contributed by atoms with E-state index >= 15 is 0 Å². The number of esters is 1. The molecule has 1 fully saturated rings. The van der Waals surface area contributed by atoms with Crippen LogP contribution in [0.3, 0.4) is 0 Å². The van der Waals surface area contributed by atoms with Crippen molar-refractivity contribution >= 4 is 18.4 Å². The third-order valence-electron chi connectivity index (χ3n) is 1.75. The van der Waals surface area contributed by atoms with Crippen LogP contribution in [-0.4, -0.2) is 37.9 Å². The second kappa shape index (κ2) is 6.18. The Morgan fingerprint density at radius 3 is 2.85 bits per heavy atom. The molecule has 1 heterocycles. The highest BCUT2D eigenvalue weighted by molar-refractivity contribution is 5.85. The van der Waals surface area contributed by atoms with E-state index in [1.165, 1.54) is 0 Å². The van der Waals surface area contributed by atoms with Gasteiger partial charge in [-0.25, -0.2) is 4.79 Å². The van der Waals surface area contributed by atoms with Crippen LogP contribution in [0.15, 0.2) is 0 Å². The number of hydrogen-bond acceptors (Lipinski definition) is 4. The quantitative estimate of drug-likeness (QED) is 0.667. The number of rotatable bonds is 2. The van der Waals surface area contributed by atoms with Crippen LogP contribution in [0.4, 0.5) is 0 Å². The van der Waals surface area contributed by atoms with Gasteiger partial charge in [-0.15, -0.1) is 12.4 Å². The molecule has 0 saturated carbocycles. The Morgan fingerprint density at radius 2 is 2.38 bits per heavy atom. The van der Waals surface area contributed by atoms with E-state index < -0.39 is 6.10 Å². The van der Waals surface area contributed by atoms with E-state index in [2.05, 4.69) is 5.32 Å². The highest BCUT2D eigenvalue weighted by atomic mass is 35.5. The molecule has 1 saturated heterocycles. The van der Waals surface area contributed by atoms with Gasteiger partial charge >= 0.3 is 5.97 Å². The van der Waals surface area contributed by atoms with Crippen LogP contribution < -0.4 is 5.32 Å². The van der Waals surface area contributed by atoms with Crippen LogP contribution in [0.25, 0.3) is 0 Å². The second-order valence-corrected chi connectivity index (χ2v) is 2.88. The molecule has 0 aromatic carbocycles. The summed E-state index contributed by atoms with van der Waals surface area (Å²) in [5.41, 5.74) is 0. The smallest absolute Gasteiger partial charge is 0.336 e. The van der Waals surface area contributed by atoms with E-state index in [-0.39, 0.29) is 18.4 Å².